The Kier molecular flexibility index (Phi) is 4.39. The second kappa shape index (κ2) is 6.03. The number of hydrogen-bond donors (Lipinski definition) is 1. The Labute approximate surface area is 112 Å². The molecule has 0 aliphatic heterocycles. The third-order valence-corrected chi connectivity index (χ3v) is 3.78. The third kappa shape index (κ3) is 3.59. The zero-order valence-electron chi connectivity index (χ0n) is 10.6. The van der Waals surface area contributed by atoms with Crippen LogP contribution in [0.5, 0.6) is 0 Å². The molecular weight excluding hydrogens is 242 g/mol. The number of thioether (sulfide) groups is 1. The van der Waals surface area contributed by atoms with E-state index in [0.29, 0.717) is 0 Å². The van der Waals surface area contributed by atoms with Crippen molar-refractivity contribution in [2.24, 2.45) is 0 Å². The van der Waals surface area contributed by atoms with Gasteiger partial charge in [0.1, 0.15) is 0 Å². The van der Waals surface area contributed by atoms with Gasteiger partial charge in [0.25, 0.3) is 0 Å². The molecule has 0 fully saturated rings. The van der Waals surface area contributed by atoms with E-state index in [1.807, 2.05) is 24.5 Å². The molecule has 0 aliphatic rings. The summed E-state index contributed by atoms with van der Waals surface area (Å²) in [5, 5.41) is 9.44. The van der Waals surface area contributed by atoms with Crippen LogP contribution >= 0.6 is 11.8 Å². The highest BCUT2D eigenvalue weighted by atomic mass is 32.2. The fraction of sp³-hybridized carbons (Fsp3) is 0.267. The lowest BCUT2D eigenvalue weighted by Gasteiger charge is -2.06. The van der Waals surface area contributed by atoms with E-state index in [9.17, 15) is 5.11 Å². The molecule has 18 heavy (non-hydrogen) atoms. The summed E-state index contributed by atoms with van der Waals surface area (Å²) in [5.74, 6) is 0.919. The fourth-order valence-electron chi connectivity index (χ4n) is 1.71. The average molecular weight is 259 g/mol. The van der Waals surface area contributed by atoms with Crippen molar-refractivity contribution in [1.82, 2.24) is 4.98 Å². The number of aromatic nitrogens is 1. The van der Waals surface area contributed by atoms with Crippen LogP contribution in [-0.2, 0) is 5.75 Å². The van der Waals surface area contributed by atoms with Gasteiger partial charge < -0.3 is 5.11 Å². The molecule has 0 bridgehead atoms. The number of rotatable bonds is 4. The van der Waals surface area contributed by atoms with Crippen LogP contribution in [0, 0.1) is 6.92 Å². The van der Waals surface area contributed by atoms with E-state index < -0.39 is 6.10 Å². The third-order valence-electron chi connectivity index (χ3n) is 2.70. The topological polar surface area (TPSA) is 33.1 Å². The van der Waals surface area contributed by atoms with E-state index in [2.05, 4.69) is 30.1 Å². The lowest BCUT2D eigenvalue weighted by Crippen LogP contribution is -1.90. The summed E-state index contributed by atoms with van der Waals surface area (Å²) < 4.78 is 0. The molecule has 0 saturated carbocycles. The van der Waals surface area contributed by atoms with Crippen LogP contribution in [-0.4, -0.2) is 10.1 Å². The maximum Gasteiger partial charge on any atom is 0.0761 e. The molecule has 2 nitrogen and oxygen atoms in total. The highest BCUT2D eigenvalue weighted by Gasteiger charge is 2.01. The van der Waals surface area contributed by atoms with Crippen molar-refractivity contribution in [2.45, 2.75) is 30.6 Å². The van der Waals surface area contributed by atoms with Crippen molar-refractivity contribution < 1.29 is 5.11 Å². The molecule has 0 amide bonds. The molecule has 1 aromatic heterocycles. The highest BCUT2D eigenvalue weighted by molar-refractivity contribution is 7.98. The summed E-state index contributed by atoms with van der Waals surface area (Å²) in [6, 6.07) is 10.2. The van der Waals surface area contributed by atoms with Gasteiger partial charge in [-0.05, 0) is 42.7 Å². The SMILES string of the molecule is Cc1cncc(CSc2ccc(C(C)O)cc2)c1. The molecule has 0 spiro atoms. The van der Waals surface area contributed by atoms with Crippen LogP contribution in [0.15, 0.2) is 47.6 Å². The Hall–Kier alpha value is -1.32. The summed E-state index contributed by atoms with van der Waals surface area (Å²) in [4.78, 5) is 5.40. The molecular formula is C15H17NOS. The number of aryl methyl sites for hydroxylation is 1. The molecule has 1 aromatic carbocycles. The number of pyridine rings is 1. The average Bonchev–Trinajstić information content (AvgIpc) is 2.37. The highest BCUT2D eigenvalue weighted by Crippen LogP contribution is 2.24. The molecule has 0 saturated heterocycles. The number of nitrogens with zero attached hydrogens (tertiary/aromatic N) is 1. The largest absolute Gasteiger partial charge is 0.389 e. The molecule has 2 rings (SSSR count). The van der Waals surface area contributed by atoms with Gasteiger partial charge in [0.15, 0.2) is 0 Å². The Balaban J connectivity index is 1.98. The predicted octanol–water partition coefficient (Wildman–Crippen LogP) is 3.74. The van der Waals surface area contributed by atoms with Crippen molar-refractivity contribution >= 4 is 11.8 Å². The lowest BCUT2D eigenvalue weighted by molar-refractivity contribution is 0.199. The van der Waals surface area contributed by atoms with Gasteiger partial charge in [-0.25, -0.2) is 0 Å². The first-order valence-corrected chi connectivity index (χ1v) is 6.95. The quantitative estimate of drug-likeness (QED) is 0.849. The predicted molar refractivity (Wildman–Crippen MR) is 75.6 cm³/mol. The zero-order chi connectivity index (χ0) is 13.0. The Bertz CT molecular complexity index is 508. The first-order valence-electron chi connectivity index (χ1n) is 5.96. The van der Waals surface area contributed by atoms with E-state index in [0.717, 1.165) is 11.3 Å². The van der Waals surface area contributed by atoms with E-state index >= 15 is 0 Å². The number of aliphatic hydroxyl groups excluding tert-OH is 1. The van der Waals surface area contributed by atoms with Gasteiger partial charge in [-0.2, -0.15) is 0 Å². The minimum Gasteiger partial charge on any atom is -0.389 e. The summed E-state index contributed by atoms with van der Waals surface area (Å²) in [7, 11) is 0. The van der Waals surface area contributed by atoms with Gasteiger partial charge in [-0.1, -0.05) is 18.2 Å². The van der Waals surface area contributed by atoms with E-state index in [1.165, 1.54) is 16.0 Å². The maximum atomic E-state index is 9.44. The Morgan fingerprint density at radius 1 is 1.22 bits per heavy atom. The van der Waals surface area contributed by atoms with Crippen molar-refractivity contribution in [3.63, 3.8) is 0 Å². The van der Waals surface area contributed by atoms with Crippen LogP contribution in [0.4, 0.5) is 0 Å². The van der Waals surface area contributed by atoms with E-state index in [4.69, 9.17) is 0 Å². The zero-order valence-corrected chi connectivity index (χ0v) is 11.4. The number of hydrogen-bond acceptors (Lipinski definition) is 3. The molecule has 1 unspecified atom stereocenters. The Morgan fingerprint density at radius 2 is 1.94 bits per heavy atom. The maximum absolute atomic E-state index is 9.44. The molecule has 94 valence electrons. The number of benzene rings is 1. The summed E-state index contributed by atoms with van der Waals surface area (Å²) in [6.07, 6.45) is 3.38. The summed E-state index contributed by atoms with van der Waals surface area (Å²) >= 11 is 1.78. The van der Waals surface area contributed by atoms with Crippen LogP contribution in [0.2, 0.25) is 0 Å². The Morgan fingerprint density at radius 3 is 2.56 bits per heavy atom. The molecule has 0 radical (unpaired) electrons. The second-order valence-electron chi connectivity index (χ2n) is 4.40. The van der Waals surface area contributed by atoms with Crippen LogP contribution in [0.3, 0.4) is 0 Å². The smallest absolute Gasteiger partial charge is 0.0761 e. The minimum absolute atomic E-state index is 0.398. The fourth-order valence-corrected chi connectivity index (χ4v) is 2.53. The normalized spacial score (nSPS) is 12.4. The molecule has 1 heterocycles. The first-order chi connectivity index (χ1) is 8.65. The van der Waals surface area contributed by atoms with Gasteiger partial charge in [0, 0.05) is 23.0 Å². The standard InChI is InChI=1S/C15H17NOS/c1-11-7-13(9-16-8-11)10-18-15-5-3-14(4-6-15)12(2)17/h3-9,12,17H,10H2,1-2H3. The molecule has 0 aliphatic carbocycles. The molecule has 2 aromatic rings. The van der Waals surface area contributed by atoms with Crippen LogP contribution in [0.1, 0.15) is 29.7 Å². The van der Waals surface area contributed by atoms with E-state index in [1.54, 1.807) is 18.7 Å². The minimum atomic E-state index is -0.398. The molecule has 1 atom stereocenters. The van der Waals surface area contributed by atoms with Crippen molar-refractivity contribution in [3.8, 4) is 0 Å². The molecule has 1 N–H and O–H groups in total. The van der Waals surface area contributed by atoms with Crippen molar-refractivity contribution in [3.05, 3.63) is 59.4 Å². The van der Waals surface area contributed by atoms with Crippen molar-refractivity contribution in [2.75, 3.05) is 0 Å². The summed E-state index contributed by atoms with van der Waals surface area (Å²) in [5.41, 5.74) is 3.38. The molecule has 3 heteroatoms. The van der Waals surface area contributed by atoms with Gasteiger partial charge in [-0.15, -0.1) is 11.8 Å². The van der Waals surface area contributed by atoms with Crippen LogP contribution < -0.4 is 0 Å². The van der Waals surface area contributed by atoms with Gasteiger partial charge >= 0.3 is 0 Å². The van der Waals surface area contributed by atoms with Crippen LogP contribution in [0.25, 0.3) is 0 Å². The number of aliphatic hydroxyl groups is 1. The monoisotopic (exact) mass is 259 g/mol. The van der Waals surface area contributed by atoms with E-state index in [-0.39, 0.29) is 0 Å². The summed E-state index contributed by atoms with van der Waals surface area (Å²) in [6.45, 7) is 3.83. The van der Waals surface area contributed by atoms with Gasteiger partial charge in [0.05, 0.1) is 6.10 Å². The van der Waals surface area contributed by atoms with Gasteiger partial charge in [-0.3, -0.25) is 4.98 Å². The second-order valence-corrected chi connectivity index (χ2v) is 5.45. The van der Waals surface area contributed by atoms with Gasteiger partial charge in [0.2, 0.25) is 0 Å². The van der Waals surface area contributed by atoms with Crippen molar-refractivity contribution in [1.29, 1.82) is 0 Å². The lowest BCUT2D eigenvalue weighted by atomic mass is 10.1. The first kappa shape index (κ1) is 13.1.